The van der Waals surface area contributed by atoms with Gasteiger partial charge < -0.3 is 14.4 Å². The van der Waals surface area contributed by atoms with Gasteiger partial charge in [0.05, 0.1) is 22.4 Å². The van der Waals surface area contributed by atoms with Crippen molar-refractivity contribution in [3.63, 3.8) is 0 Å². The Bertz CT molecular complexity index is 3790. The second-order valence-electron chi connectivity index (χ2n) is 18.8. The Hall–Kier alpha value is -10.0. The molecule has 0 saturated carbocycles. The molecule has 0 atom stereocenters. The quantitative estimate of drug-likeness (QED) is 0.122. The van der Waals surface area contributed by atoms with Gasteiger partial charge in [-0.15, -0.1) is 0 Å². The van der Waals surface area contributed by atoms with E-state index in [0.29, 0.717) is 0 Å². The minimum absolute atomic E-state index is 0.939. The van der Waals surface area contributed by atoms with Gasteiger partial charge in [0.1, 0.15) is 0 Å². The molecular formula is C71H50N4. The summed E-state index contributed by atoms with van der Waals surface area (Å²) in [5, 5.41) is 2.30. The number of hydrogen-bond donors (Lipinski definition) is 0. The molecule has 13 aromatic rings. The van der Waals surface area contributed by atoms with E-state index in [0.717, 1.165) is 112 Å². The molecule has 0 spiro atoms. The van der Waals surface area contributed by atoms with Gasteiger partial charge in [-0.1, -0.05) is 194 Å². The third-order valence-electron chi connectivity index (χ3n) is 14.1. The molecular weight excluding hydrogens is 909 g/mol. The fraction of sp³-hybridized carbons (Fsp3) is 0. The Morgan fingerprint density at radius 3 is 0.973 bits per heavy atom. The second-order valence-corrected chi connectivity index (χ2v) is 18.8. The van der Waals surface area contributed by atoms with E-state index in [9.17, 15) is 0 Å². The van der Waals surface area contributed by atoms with Crippen molar-refractivity contribution in [3.05, 3.63) is 303 Å². The lowest BCUT2D eigenvalue weighted by molar-refractivity contribution is 1.18. The molecule has 2 aromatic heterocycles. The Morgan fingerprint density at radius 2 is 0.587 bits per heavy atom. The highest BCUT2D eigenvalue weighted by atomic mass is 15.1. The topological polar surface area (TPSA) is 24.3 Å². The van der Waals surface area contributed by atoms with Gasteiger partial charge >= 0.3 is 0 Å². The molecule has 0 unspecified atom stereocenters. The van der Waals surface area contributed by atoms with Crippen molar-refractivity contribution in [2.75, 3.05) is 9.80 Å². The summed E-state index contributed by atoms with van der Waals surface area (Å²) in [4.78, 5) is 9.82. The van der Waals surface area contributed by atoms with Crippen LogP contribution in [-0.4, -0.2) is 9.55 Å². The Labute approximate surface area is 438 Å². The van der Waals surface area contributed by atoms with Crippen LogP contribution < -0.4 is 9.80 Å². The van der Waals surface area contributed by atoms with Gasteiger partial charge in [0.2, 0.25) is 0 Å². The van der Waals surface area contributed by atoms with Gasteiger partial charge in [0, 0.05) is 61.7 Å². The first-order chi connectivity index (χ1) is 37.2. The number of aromatic nitrogens is 2. The zero-order valence-corrected chi connectivity index (χ0v) is 41.2. The molecule has 0 saturated heterocycles. The number of pyridine rings is 1. The zero-order valence-electron chi connectivity index (χ0n) is 41.2. The van der Waals surface area contributed by atoms with Crippen LogP contribution in [0.5, 0.6) is 0 Å². The van der Waals surface area contributed by atoms with Crippen molar-refractivity contribution >= 4 is 55.9 Å². The van der Waals surface area contributed by atoms with E-state index >= 15 is 0 Å². The normalized spacial score (nSPS) is 11.2. The van der Waals surface area contributed by atoms with Crippen molar-refractivity contribution < 1.29 is 0 Å². The lowest BCUT2D eigenvalue weighted by Crippen LogP contribution is -2.09. The summed E-state index contributed by atoms with van der Waals surface area (Å²) in [6.45, 7) is 0. The average molecular weight is 959 g/mol. The minimum atomic E-state index is 0.939. The highest BCUT2D eigenvalue weighted by Crippen LogP contribution is 2.47. The number of nitrogens with zero attached hydrogens (tertiary/aromatic N) is 4. The van der Waals surface area contributed by atoms with Gasteiger partial charge in [-0.3, -0.25) is 0 Å². The Kier molecular flexibility index (Phi) is 11.9. The highest BCUT2D eigenvalue weighted by Gasteiger charge is 2.23. The van der Waals surface area contributed by atoms with Crippen LogP contribution in [0.25, 0.3) is 83.4 Å². The first-order valence-electron chi connectivity index (χ1n) is 25.5. The molecule has 11 aromatic carbocycles. The van der Waals surface area contributed by atoms with Gasteiger partial charge in [-0.05, 0) is 143 Å². The molecule has 0 aliphatic heterocycles. The van der Waals surface area contributed by atoms with E-state index < -0.39 is 0 Å². The fourth-order valence-corrected chi connectivity index (χ4v) is 10.7. The summed E-state index contributed by atoms with van der Waals surface area (Å²) >= 11 is 0. The predicted octanol–water partition coefficient (Wildman–Crippen LogP) is 19.5. The number of fused-ring (bicyclic) bond motifs is 3. The van der Waals surface area contributed by atoms with Crippen LogP contribution in [0.15, 0.2) is 303 Å². The monoisotopic (exact) mass is 958 g/mol. The Balaban J connectivity index is 1.05. The van der Waals surface area contributed by atoms with E-state index in [4.69, 9.17) is 4.98 Å². The summed E-state index contributed by atoms with van der Waals surface area (Å²) in [6, 6.07) is 109. The van der Waals surface area contributed by atoms with Crippen LogP contribution in [0.3, 0.4) is 0 Å². The summed E-state index contributed by atoms with van der Waals surface area (Å²) in [7, 11) is 0. The number of anilines is 6. The number of rotatable bonds is 12. The number of benzene rings is 11. The lowest BCUT2D eigenvalue weighted by Gasteiger charge is -2.26. The molecule has 354 valence electrons. The standard InChI is InChI=1S/C71H50N4/c1-8-23-51(24-9-1)63-49-62(50-64(52-25-10-2-11-26-52)71(63)55-41-39-54(40-42-55)68-38-22-37-67(72-68)53-27-12-3-13-28-53)75-69-45-43-60(73(56-29-14-4-15-30-56)57-31-16-5-17-32-57)47-65(69)66-48-61(44-46-70(66)75)74(58-33-18-6-19-34-58)59-35-20-7-21-36-59/h1-50H. The molecule has 0 amide bonds. The van der Waals surface area contributed by atoms with Gasteiger partial charge in [0.15, 0.2) is 0 Å². The summed E-state index contributed by atoms with van der Waals surface area (Å²) < 4.78 is 2.47. The van der Waals surface area contributed by atoms with E-state index in [1.165, 1.54) is 5.56 Å². The maximum absolute atomic E-state index is 5.12. The van der Waals surface area contributed by atoms with Crippen LogP contribution in [0.2, 0.25) is 0 Å². The van der Waals surface area contributed by atoms with Crippen LogP contribution in [0.4, 0.5) is 34.1 Å². The fourth-order valence-electron chi connectivity index (χ4n) is 10.7. The van der Waals surface area contributed by atoms with Gasteiger partial charge in [0.25, 0.3) is 0 Å². The van der Waals surface area contributed by atoms with Crippen LogP contribution in [-0.2, 0) is 0 Å². The maximum Gasteiger partial charge on any atom is 0.0709 e. The molecule has 0 fully saturated rings. The van der Waals surface area contributed by atoms with E-state index in [2.05, 4.69) is 312 Å². The van der Waals surface area contributed by atoms with Crippen molar-refractivity contribution in [2.45, 2.75) is 0 Å². The van der Waals surface area contributed by atoms with Gasteiger partial charge in [-0.2, -0.15) is 0 Å². The molecule has 4 heteroatoms. The van der Waals surface area contributed by atoms with Crippen LogP contribution >= 0.6 is 0 Å². The molecule has 75 heavy (non-hydrogen) atoms. The van der Waals surface area contributed by atoms with Crippen molar-refractivity contribution in [3.8, 4) is 61.6 Å². The summed E-state index contributed by atoms with van der Waals surface area (Å²) in [6.07, 6.45) is 0. The second kappa shape index (κ2) is 19.9. The van der Waals surface area contributed by atoms with Crippen molar-refractivity contribution in [2.24, 2.45) is 0 Å². The third-order valence-corrected chi connectivity index (χ3v) is 14.1. The molecule has 2 heterocycles. The van der Waals surface area contributed by atoms with Crippen LogP contribution in [0.1, 0.15) is 0 Å². The van der Waals surface area contributed by atoms with Crippen LogP contribution in [0, 0.1) is 0 Å². The third kappa shape index (κ3) is 8.71. The summed E-state index contributed by atoms with van der Waals surface area (Å²) in [5.41, 5.74) is 20.7. The SMILES string of the molecule is c1ccc(-c2cccc(-c3ccc(-c4c(-c5ccccc5)cc(-n5c6ccc(N(c7ccccc7)c7ccccc7)cc6c6cc(N(c7ccccc7)c7ccccc7)ccc65)cc4-c4ccccc4)cc3)n2)cc1. The molecule has 4 nitrogen and oxygen atoms in total. The van der Waals surface area contributed by atoms with E-state index in [-0.39, 0.29) is 0 Å². The first-order valence-corrected chi connectivity index (χ1v) is 25.5. The summed E-state index contributed by atoms with van der Waals surface area (Å²) in [5.74, 6) is 0. The molecule has 0 aliphatic carbocycles. The Morgan fingerprint density at radius 1 is 0.253 bits per heavy atom. The van der Waals surface area contributed by atoms with E-state index in [1.54, 1.807) is 0 Å². The van der Waals surface area contributed by atoms with E-state index in [1.807, 2.05) is 6.07 Å². The molecule has 0 N–H and O–H groups in total. The molecule has 0 aliphatic rings. The minimum Gasteiger partial charge on any atom is -0.310 e. The van der Waals surface area contributed by atoms with Crippen molar-refractivity contribution in [1.82, 2.24) is 9.55 Å². The first kappa shape index (κ1) is 44.9. The lowest BCUT2D eigenvalue weighted by atomic mass is 9.86. The largest absolute Gasteiger partial charge is 0.310 e. The molecule has 0 bridgehead atoms. The van der Waals surface area contributed by atoms with Gasteiger partial charge in [-0.25, -0.2) is 4.98 Å². The molecule has 0 radical (unpaired) electrons. The smallest absolute Gasteiger partial charge is 0.0709 e. The zero-order chi connectivity index (χ0) is 49.9. The predicted molar refractivity (Wildman–Crippen MR) is 315 cm³/mol. The highest BCUT2D eigenvalue weighted by molar-refractivity contribution is 6.12. The molecule has 13 rings (SSSR count). The number of hydrogen-bond acceptors (Lipinski definition) is 3. The average Bonchev–Trinajstić information content (AvgIpc) is 3.82. The maximum atomic E-state index is 5.12. The van der Waals surface area contributed by atoms with Crippen molar-refractivity contribution in [1.29, 1.82) is 0 Å². The number of para-hydroxylation sites is 4.